The Morgan fingerprint density at radius 3 is 2.90 bits per heavy atom. The zero-order valence-electron chi connectivity index (χ0n) is 13.1. The third-order valence-electron chi connectivity index (χ3n) is 3.78. The molecule has 1 aromatic rings. The molecule has 1 aromatic carbocycles. The Hall–Kier alpha value is -1.36. The molecule has 0 aliphatic carbocycles. The van der Waals surface area contributed by atoms with E-state index in [-0.39, 0.29) is 5.91 Å². The standard InChI is InChI=1S/C16H25N3OS/c1-4-18-15(20)13-6-5-12(17)11-14(13)19-8-7-16(2,3)21-10-9-19/h5-6,11H,4,7-10,17H2,1-3H3,(H,18,20). The maximum atomic E-state index is 12.2. The van der Waals surface area contributed by atoms with Gasteiger partial charge in [0.05, 0.1) is 11.3 Å². The van der Waals surface area contributed by atoms with E-state index < -0.39 is 0 Å². The van der Waals surface area contributed by atoms with Crippen molar-refractivity contribution < 1.29 is 4.79 Å². The van der Waals surface area contributed by atoms with Crippen LogP contribution in [0.2, 0.25) is 0 Å². The first-order chi connectivity index (χ1) is 9.93. The maximum absolute atomic E-state index is 12.2. The smallest absolute Gasteiger partial charge is 0.253 e. The van der Waals surface area contributed by atoms with Gasteiger partial charge in [-0.25, -0.2) is 0 Å². The maximum Gasteiger partial charge on any atom is 0.253 e. The number of thioether (sulfide) groups is 1. The van der Waals surface area contributed by atoms with E-state index in [1.807, 2.05) is 30.8 Å². The number of hydrogen-bond donors (Lipinski definition) is 2. The summed E-state index contributed by atoms with van der Waals surface area (Å²) in [6.07, 6.45) is 1.10. The van der Waals surface area contributed by atoms with Crippen LogP contribution in [0.25, 0.3) is 0 Å². The quantitative estimate of drug-likeness (QED) is 0.843. The Morgan fingerprint density at radius 2 is 2.19 bits per heavy atom. The fourth-order valence-corrected chi connectivity index (χ4v) is 3.62. The van der Waals surface area contributed by atoms with E-state index in [9.17, 15) is 4.79 Å². The van der Waals surface area contributed by atoms with Crippen LogP contribution >= 0.6 is 11.8 Å². The summed E-state index contributed by atoms with van der Waals surface area (Å²) in [6.45, 7) is 9.03. The third-order valence-corrected chi connectivity index (χ3v) is 5.15. The van der Waals surface area contributed by atoms with Crippen molar-refractivity contribution in [2.24, 2.45) is 0 Å². The van der Waals surface area contributed by atoms with Gasteiger partial charge in [-0.2, -0.15) is 11.8 Å². The molecule has 1 aliphatic heterocycles. The van der Waals surface area contributed by atoms with Gasteiger partial charge in [0.25, 0.3) is 5.91 Å². The van der Waals surface area contributed by atoms with Crippen LogP contribution in [-0.2, 0) is 0 Å². The summed E-state index contributed by atoms with van der Waals surface area (Å²) in [5.74, 6) is 1.04. The topological polar surface area (TPSA) is 58.4 Å². The van der Waals surface area contributed by atoms with Crippen LogP contribution in [0.4, 0.5) is 11.4 Å². The predicted molar refractivity (Wildman–Crippen MR) is 92.2 cm³/mol. The normalized spacial score (nSPS) is 18.1. The number of carbonyl (C=O) groups excluding carboxylic acids is 1. The summed E-state index contributed by atoms with van der Waals surface area (Å²) < 4.78 is 0.293. The average molecular weight is 307 g/mol. The van der Waals surface area contributed by atoms with E-state index in [2.05, 4.69) is 24.1 Å². The largest absolute Gasteiger partial charge is 0.399 e. The molecule has 116 valence electrons. The van der Waals surface area contributed by atoms with Gasteiger partial charge >= 0.3 is 0 Å². The van der Waals surface area contributed by atoms with Crippen LogP contribution in [-0.4, -0.2) is 36.0 Å². The lowest BCUT2D eigenvalue weighted by atomic mass is 10.1. The van der Waals surface area contributed by atoms with Crippen molar-refractivity contribution in [3.63, 3.8) is 0 Å². The summed E-state index contributed by atoms with van der Waals surface area (Å²) >= 11 is 1.99. The summed E-state index contributed by atoms with van der Waals surface area (Å²) in [5.41, 5.74) is 8.32. The molecule has 1 amide bonds. The van der Waals surface area contributed by atoms with Gasteiger partial charge in [-0.05, 0) is 31.5 Å². The highest BCUT2D eigenvalue weighted by atomic mass is 32.2. The number of anilines is 2. The van der Waals surface area contributed by atoms with E-state index in [1.165, 1.54) is 0 Å². The first-order valence-electron chi connectivity index (χ1n) is 7.49. The van der Waals surface area contributed by atoms with Gasteiger partial charge in [0.1, 0.15) is 0 Å². The molecule has 1 saturated heterocycles. The second-order valence-electron chi connectivity index (χ2n) is 5.98. The van der Waals surface area contributed by atoms with Crippen molar-refractivity contribution in [3.8, 4) is 0 Å². The van der Waals surface area contributed by atoms with Crippen LogP contribution in [0.15, 0.2) is 18.2 Å². The number of nitrogens with one attached hydrogen (secondary N) is 1. The van der Waals surface area contributed by atoms with Gasteiger partial charge in [-0.1, -0.05) is 13.8 Å². The van der Waals surface area contributed by atoms with Crippen molar-refractivity contribution in [2.45, 2.75) is 31.9 Å². The molecule has 0 saturated carbocycles. The lowest BCUT2D eigenvalue weighted by molar-refractivity contribution is 0.0956. The molecule has 0 bridgehead atoms. The Labute approximate surface area is 131 Å². The molecule has 2 rings (SSSR count). The van der Waals surface area contributed by atoms with Gasteiger partial charge in [-0.15, -0.1) is 0 Å². The van der Waals surface area contributed by atoms with Crippen LogP contribution < -0.4 is 16.0 Å². The number of nitrogens with zero attached hydrogens (tertiary/aromatic N) is 1. The monoisotopic (exact) mass is 307 g/mol. The van der Waals surface area contributed by atoms with Gasteiger partial charge in [-0.3, -0.25) is 4.79 Å². The van der Waals surface area contributed by atoms with Crippen molar-refractivity contribution in [2.75, 3.05) is 36.0 Å². The molecule has 0 radical (unpaired) electrons. The second kappa shape index (κ2) is 6.60. The Bertz CT molecular complexity index is 516. The minimum Gasteiger partial charge on any atom is -0.399 e. The minimum atomic E-state index is -0.0244. The molecule has 0 spiro atoms. The Morgan fingerprint density at radius 1 is 1.43 bits per heavy atom. The molecule has 1 aliphatic rings. The summed E-state index contributed by atoms with van der Waals surface area (Å²) in [7, 11) is 0. The molecular formula is C16H25N3OS. The molecule has 4 nitrogen and oxygen atoms in total. The number of rotatable bonds is 3. The van der Waals surface area contributed by atoms with Gasteiger partial charge in [0, 0.05) is 35.8 Å². The lowest BCUT2D eigenvalue weighted by Gasteiger charge is -2.26. The van der Waals surface area contributed by atoms with E-state index in [4.69, 9.17) is 5.73 Å². The highest BCUT2D eigenvalue weighted by Crippen LogP contribution is 2.33. The first-order valence-corrected chi connectivity index (χ1v) is 8.48. The van der Waals surface area contributed by atoms with Crippen LogP contribution in [0, 0.1) is 0 Å². The van der Waals surface area contributed by atoms with Crippen molar-refractivity contribution >= 4 is 29.0 Å². The van der Waals surface area contributed by atoms with Crippen LogP contribution in [0.1, 0.15) is 37.6 Å². The minimum absolute atomic E-state index is 0.0244. The highest BCUT2D eigenvalue weighted by molar-refractivity contribution is 8.00. The number of nitrogen functional groups attached to an aromatic ring is 1. The van der Waals surface area contributed by atoms with E-state index in [0.717, 1.165) is 36.5 Å². The molecule has 5 heteroatoms. The van der Waals surface area contributed by atoms with E-state index >= 15 is 0 Å². The number of benzene rings is 1. The SMILES string of the molecule is CCNC(=O)c1ccc(N)cc1N1CCSC(C)(C)CC1. The van der Waals surface area contributed by atoms with E-state index in [1.54, 1.807) is 6.07 Å². The number of carbonyl (C=O) groups is 1. The summed E-state index contributed by atoms with van der Waals surface area (Å²) in [4.78, 5) is 14.5. The van der Waals surface area contributed by atoms with Crippen LogP contribution in [0.5, 0.6) is 0 Å². The molecule has 0 aromatic heterocycles. The van der Waals surface area contributed by atoms with Crippen molar-refractivity contribution in [3.05, 3.63) is 23.8 Å². The molecule has 1 fully saturated rings. The zero-order valence-corrected chi connectivity index (χ0v) is 13.9. The van der Waals surface area contributed by atoms with E-state index in [0.29, 0.717) is 17.0 Å². The van der Waals surface area contributed by atoms with Gasteiger partial charge in [0.15, 0.2) is 0 Å². The first kappa shape index (κ1) is 16.0. The lowest BCUT2D eigenvalue weighted by Crippen LogP contribution is -2.31. The average Bonchev–Trinajstić information content (AvgIpc) is 2.60. The fraction of sp³-hybridized carbons (Fsp3) is 0.562. The van der Waals surface area contributed by atoms with Crippen molar-refractivity contribution in [1.29, 1.82) is 0 Å². The molecule has 21 heavy (non-hydrogen) atoms. The van der Waals surface area contributed by atoms with Crippen molar-refractivity contribution in [1.82, 2.24) is 5.32 Å². The summed E-state index contributed by atoms with van der Waals surface area (Å²) in [5, 5.41) is 2.88. The predicted octanol–water partition coefficient (Wildman–Crippen LogP) is 2.74. The highest BCUT2D eigenvalue weighted by Gasteiger charge is 2.25. The molecule has 3 N–H and O–H groups in total. The molecule has 0 unspecified atom stereocenters. The number of hydrogen-bond acceptors (Lipinski definition) is 4. The molecule has 0 atom stereocenters. The Kier molecular flexibility index (Phi) is 5.04. The second-order valence-corrected chi connectivity index (χ2v) is 7.78. The molecular weight excluding hydrogens is 282 g/mol. The number of amides is 1. The van der Waals surface area contributed by atoms with Gasteiger partial charge in [0.2, 0.25) is 0 Å². The molecule has 1 heterocycles. The van der Waals surface area contributed by atoms with Crippen LogP contribution in [0.3, 0.4) is 0 Å². The zero-order chi connectivity index (χ0) is 15.5. The number of nitrogens with two attached hydrogens (primary N) is 1. The van der Waals surface area contributed by atoms with Gasteiger partial charge < -0.3 is 16.0 Å². The Balaban J connectivity index is 2.29. The fourth-order valence-electron chi connectivity index (χ4n) is 2.52. The third kappa shape index (κ3) is 4.06. The summed E-state index contributed by atoms with van der Waals surface area (Å²) in [6, 6.07) is 5.55.